The molecule has 0 spiro atoms. The van der Waals surface area contributed by atoms with E-state index in [2.05, 4.69) is 0 Å². The molecule has 5 nitrogen and oxygen atoms in total. The second-order valence-electron chi connectivity index (χ2n) is 3.90. The number of hydroxylamine groups is 1. The Kier molecular flexibility index (Phi) is 3.58. The van der Waals surface area contributed by atoms with E-state index in [4.69, 9.17) is 10.9 Å². The van der Waals surface area contributed by atoms with E-state index in [1.807, 2.05) is 30.3 Å². The maximum Gasteiger partial charge on any atom is 0.275 e. The molecule has 0 radical (unpaired) electrons. The molecule has 0 heterocycles. The molecule has 96 valence electrons. The molecule has 0 aliphatic rings. The van der Waals surface area contributed by atoms with Crippen molar-refractivity contribution >= 4 is 11.8 Å². The summed E-state index contributed by atoms with van der Waals surface area (Å²) in [4.78, 5) is 23.2. The first-order chi connectivity index (χ1) is 9.15. The minimum Gasteiger partial charge on any atom is -0.366 e. The largest absolute Gasteiger partial charge is 0.366 e. The Morgan fingerprint density at radius 2 is 1.68 bits per heavy atom. The van der Waals surface area contributed by atoms with Gasteiger partial charge in [-0.2, -0.15) is 0 Å². The number of amides is 2. The quantitative estimate of drug-likeness (QED) is 0.575. The smallest absolute Gasteiger partial charge is 0.275 e. The van der Waals surface area contributed by atoms with Crippen LogP contribution in [0.3, 0.4) is 0 Å². The monoisotopic (exact) mass is 256 g/mol. The van der Waals surface area contributed by atoms with Crippen LogP contribution in [-0.2, 0) is 0 Å². The molecule has 2 amide bonds. The van der Waals surface area contributed by atoms with Crippen molar-refractivity contribution in [3.05, 3.63) is 59.7 Å². The van der Waals surface area contributed by atoms with Gasteiger partial charge < -0.3 is 5.73 Å². The maximum atomic E-state index is 11.6. The first kappa shape index (κ1) is 12.8. The number of benzene rings is 2. The number of nitrogens with two attached hydrogens (primary N) is 1. The zero-order valence-corrected chi connectivity index (χ0v) is 9.96. The van der Waals surface area contributed by atoms with Crippen molar-refractivity contribution in [3.63, 3.8) is 0 Å². The molecule has 0 saturated heterocycles. The molecular weight excluding hydrogens is 244 g/mol. The molecule has 19 heavy (non-hydrogen) atoms. The summed E-state index contributed by atoms with van der Waals surface area (Å²) in [6.45, 7) is 0. The lowest BCUT2D eigenvalue weighted by Gasteiger charge is -2.11. The van der Waals surface area contributed by atoms with Gasteiger partial charge in [0, 0.05) is 0 Å². The molecular formula is C14H12N2O3. The number of primary amides is 1. The number of nitrogens with one attached hydrogen (secondary N) is 1. The highest BCUT2D eigenvalue weighted by Gasteiger charge is 2.19. The number of rotatable bonds is 3. The third-order valence-corrected chi connectivity index (χ3v) is 2.74. The molecule has 0 aliphatic carbocycles. The Bertz CT molecular complexity index is 624. The number of hydrogen-bond donors (Lipinski definition) is 3. The SMILES string of the molecule is NC(=O)c1c(C(=O)NO)cccc1-c1ccccc1. The fourth-order valence-electron chi connectivity index (χ4n) is 1.93. The van der Waals surface area contributed by atoms with Gasteiger partial charge in [0.25, 0.3) is 5.91 Å². The number of hydrogen-bond acceptors (Lipinski definition) is 3. The van der Waals surface area contributed by atoms with Crippen molar-refractivity contribution in [1.29, 1.82) is 0 Å². The topological polar surface area (TPSA) is 92.4 Å². The van der Waals surface area contributed by atoms with Gasteiger partial charge in [0.1, 0.15) is 0 Å². The predicted octanol–water partition coefficient (Wildman–Crippen LogP) is 1.57. The fraction of sp³-hybridized carbons (Fsp3) is 0. The van der Waals surface area contributed by atoms with Crippen LogP contribution in [0.15, 0.2) is 48.5 Å². The molecule has 4 N–H and O–H groups in total. The maximum absolute atomic E-state index is 11.6. The zero-order chi connectivity index (χ0) is 13.8. The van der Waals surface area contributed by atoms with Gasteiger partial charge in [-0.1, -0.05) is 42.5 Å². The van der Waals surface area contributed by atoms with Gasteiger partial charge in [0.15, 0.2) is 0 Å². The Hall–Kier alpha value is -2.66. The molecule has 0 unspecified atom stereocenters. The first-order valence-corrected chi connectivity index (χ1v) is 5.58. The molecule has 0 saturated carbocycles. The molecule has 2 rings (SSSR count). The van der Waals surface area contributed by atoms with Gasteiger partial charge in [0.05, 0.1) is 11.1 Å². The second kappa shape index (κ2) is 5.32. The molecule has 5 heteroatoms. The fourth-order valence-corrected chi connectivity index (χ4v) is 1.93. The number of carbonyl (C=O) groups is 2. The van der Waals surface area contributed by atoms with Crippen LogP contribution in [0.25, 0.3) is 11.1 Å². The normalized spacial score (nSPS) is 9.95. The van der Waals surface area contributed by atoms with Crippen LogP contribution >= 0.6 is 0 Å². The van der Waals surface area contributed by atoms with Crippen LogP contribution in [0.2, 0.25) is 0 Å². The van der Waals surface area contributed by atoms with Gasteiger partial charge in [0.2, 0.25) is 5.91 Å². The molecule has 0 aliphatic heterocycles. The summed E-state index contributed by atoms with van der Waals surface area (Å²) in [6, 6.07) is 13.8. The van der Waals surface area contributed by atoms with Gasteiger partial charge >= 0.3 is 0 Å². The summed E-state index contributed by atoms with van der Waals surface area (Å²) in [5.74, 6) is -1.50. The van der Waals surface area contributed by atoms with E-state index in [-0.39, 0.29) is 11.1 Å². The highest BCUT2D eigenvalue weighted by Crippen LogP contribution is 2.26. The second-order valence-corrected chi connectivity index (χ2v) is 3.90. The Morgan fingerprint density at radius 1 is 1.00 bits per heavy atom. The van der Waals surface area contributed by atoms with Crippen LogP contribution in [0.1, 0.15) is 20.7 Å². The van der Waals surface area contributed by atoms with Crippen molar-refractivity contribution < 1.29 is 14.8 Å². The predicted molar refractivity (Wildman–Crippen MR) is 69.6 cm³/mol. The molecule has 0 atom stereocenters. The number of carbonyl (C=O) groups excluding carboxylic acids is 2. The Labute approximate surface area is 109 Å². The first-order valence-electron chi connectivity index (χ1n) is 5.58. The standard InChI is InChI=1S/C14H12N2O3/c15-13(17)12-10(9-5-2-1-3-6-9)7-4-8-11(12)14(18)16-19/h1-8,19H,(H2,15,17)(H,16,18). The third-order valence-electron chi connectivity index (χ3n) is 2.74. The van der Waals surface area contributed by atoms with Gasteiger partial charge in [-0.15, -0.1) is 0 Å². The molecule has 0 aromatic heterocycles. The average Bonchev–Trinajstić information content (AvgIpc) is 2.46. The molecule has 0 bridgehead atoms. The van der Waals surface area contributed by atoms with Crippen molar-refractivity contribution in [1.82, 2.24) is 5.48 Å². The Morgan fingerprint density at radius 3 is 2.26 bits per heavy atom. The lowest BCUT2D eigenvalue weighted by molar-refractivity contribution is 0.0702. The summed E-state index contributed by atoms with van der Waals surface area (Å²) in [6.07, 6.45) is 0. The molecule has 2 aromatic rings. The molecule has 2 aromatic carbocycles. The lowest BCUT2D eigenvalue weighted by atomic mass is 9.94. The summed E-state index contributed by atoms with van der Waals surface area (Å²) in [7, 11) is 0. The highest BCUT2D eigenvalue weighted by molar-refractivity contribution is 6.10. The third kappa shape index (κ3) is 2.46. The van der Waals surface area contributed by atoms with Gasteiger partial charge in [-0.3, -0.25) is 14.8 Å². The minimum atomic E-state index is -0.772. The van der Waals surface area contributed by atoms with E-state index in [9.17, 15) is 9.59 Å². The minimum absolute atomic E-state index is 0.0383. The molecule has 0 fully saturated rings. The van der Waals surface area contributed by atoms with E-state index < -0.39 is 11.8 Å². The van der Waals surface area contributed by atoms with E-state index in [1.54, 1.807) is 12.1 Å². The summed E-state index contributed by atoms with van der Waals surface area (Å²) in [5.41, 5.74) is 8.29. The van der Waals surface area contributed by atoms with Crippen molar-refractivity contribution in [2.75, 3.05) is 0 Å². The van der Waals surface area contributed by atoms with E-state index in [0.29, 0.717) is 5.56 Å². The van der Waals surface area contributed by atoms with Crippen LogP contribution < -0.4 is 11.2 Å². The summed E-state index contributed by atoms with van der Waals surface area (Å²) < 4.78 is 0. The lowest BCUT2D eigenvalue weighted by Crippen LogP contribution is -2.24. The van der Waals surface area contributed by atoms with Gasteiger partial charge in [-0.05, 0) is 17.2 Å². The zero-order valence-electron chi connectivity index (χ0n) is 9.96. The van der Waals surface area contributed by atoms with E-state index >= 15 is 0 Å². The highest BCUT2D eigenvalue weighted by atomic mass is 16.5. The van der Waals surface area contributed by atoms with Crippen LogP contribution in [0, 0.1) is 0 Å². The van der Waals surface area contributed by atoms with Crippen LogP contribution in [-0.4, -0.2) is 17.0 Å². The Balaban J connectivity index is 2.69. The van der Waals surface area contributed by atoms with Crippen molar-refractivity contribution in [2.45, 2.75) is 0 Å². The van der Waals surface area contributed by atoms with Gasteiger partial charge in [-0.25, -0.2) is 5.48 Å². The summed E-state index contributed by atoms with van der Waals surface area (Å²) >= 11 is 0. The summed E-state index contributed by atoms with van der Waals surface area (Å²) in [5, 5.41) is 8.70. The van der Waals surface area contributed by atoms with Crippen molar-refractivity contribution in [2.24, 2.45) is 5.73 Å². The average molecular weight is 256 g/mol. The van der Waals surface area contributed by atoms with E-state index in [0.717, 1.165) is 5.56 Å². The van der Waals surface area contributed by atoms with Crippen LogP contribution in [0.5, 0.6) is 0 Å². The van der Waals surface area contributed by atoms with E-state index in [1.165, 1.54) is 11.5 Å². The van der Waals surface area contributed by atoms with Crippen molar-refractivity contribution in [3.8, 4) is 11.1 Å². The van der Waals surface area contributed by atoms with Crippen LogP contribution in [0.4, 0.5) is 0 Å².